The van der Waals surface area contributed by atoms with E-state index < -0.39 is 48.4 Å². The Labute approximate surface area is 109 Å². The second-order valence-corrected chi connectivity index (χ2v) is 4.32. The third kappa shape index (κ3) is 2.49. The molecule has 0 unspecified atom stereocenters. The summed E-state index contributed by atoms with van der Waals surface area (Å²) in [4.78, 5) is 24.2. The zero-order valence-corrected chi connectivity index (χ0v) is 9.87. The van der Waals surface area contributed by atoms with Crippen LogP contribution < -0.4 is 11.2 Å². The zero-order chi connectivity index (χ0) is 15.1. The van der Waals surface area contributed by atoms with Crippen molar-refractivity contribution in [1.82, 2.24) is 9.55 Å². The second kappa shape index (κ2) is 5.04. The van der Waals surface area contributed by atoms with E-state index in [4.69, 9.17) is 9.84 Å². The summed E-state index contributed by atoms with van der Waals surface area (Å²) in [5, 5.41) is 18.5. The number of halogens is 3. The van der Waals surface area contributed by atoms with E-state index in [2.05, 4.69) is 0 Å². The lowest BCUT2D eigenvalue weighted by Crippen LogP contribution is -2.41. The fraction of sp³-hybridized carbons (Fsp3) is 0.600. The van der Waals surface area contributed by atoms with E-state index in [1.54, 1.807) is 4.98 Å². The van der Waals surface area contributed by atoms with Gasteiger partial charge >= 0.3 is 11.9 Å². The van der Waals surface area contributed by atoms with Crippen LogP contribution in [0.5, 0.6) is 0 Å². The van der Waals surface area contributed by atoms with Crippen LogP contribution in [-0.4, -0.2) is 44.8 Å². The summed E-state index contributed by atoms with van der Waals surface area (Å²) in [7, 11) is 0. The molecule has 0 spiro atoms. The summed E-state index contributed by atoms with van der Waals surface area (Å²) in [6, 6.07) is 0.858. The molecule has 1 aliphatic heterocycles. The summed E-state index contributed by atoms with van der Waals surface area (Å²) in [6.07, 6.45) is -9.33. The van der Waals surface area contributed by atoms with Crippen LogP contribution in [0.2, 0.25) is 0 Å². The van der Waals surface area contributed by atoms with Gasteiger partial charge in [-0.15, -0.1) is 0 Å². The number of H-pyrrole nitrogens is 1. The van der Waals surface area contributed by atoms with Crippen molar-refractivity contribution < 1.29 is 28.1 Å². The molecule has 0 aromatic carbocycles. The second-order valence-electron chi connectivity index (χ2n) is 4.32. The van der Waals surface area contributed by atoms with Crippen molar-refractivity contribution >= 4 is 0 Å². The monoisotopic (exact) mass is 296 g/mol. The SMILES string of the molecule is O=c1ccn([C@@H]2O[C@H](CO)[C@@H](O)[C@H]2C(F)(F)F)c(=O)[nH]1. The van der Waals surface area contributed by atoms with Gasteiger partial charge in [0.25, 0.3) is 5.56 Å². The first-order valence-corrected chi connectivity index (χ1v) is 5.58. The summed E-state index contributed by atoms with van der Waals surface area (Å²) >= 11 is 0. The van der Waals surface area contributed by atoms with Crippen LogP contribution in [0.1, 0.15) is 6.23 Å². The summed E-state index contributed by atoms with van der Waals surface area (Å²) < 4.78 is 44.3. The molecule has 1 saturated heterocycles. The first kappa shape index (κ1) is 14.8. The van der Waals surface area contributed by atoms with Gasteiger partial charge in [0.1, 0.15) is 12.0 Å². The number of nitrogens with one attached hydrogen (secondary N) is 1. The first-order chi connectivity index (χ1) is 9.25. The van der Waals surface area contributed by atoms with Gasteiger partial charge in [-0.25, -0.2) is 4.79 Å². The number of nitrogens with zero attached hydrogens (tertiary/aromatic N) is 1. The standard InChI is InChI=1S/C10H11F3N2O5/c11-10(12,13)6-7(18)4(3-16)20-8(6)15-2-1-5(17)14-9(15)19/h1-2,4,6-8,16,18H,3H2,(H,14,17,19)/t4-,6-,7-,8-/m1/s1. The molecule has 10 heteroatoms. The van der Waals surface area contributed by atoms with Crippen molar-refractivity contribution in [3.8, 4) is 0 Å². The lowest BCUT2D eigenvalue weighted by atomic mass is 9.99. The zero-order valence-electron chi connectivity index (χ0n) is 9.87. The maximum absolute atomic E-state index is 13.0. The van der Waals surface area contributed by atoms with Crippen LogP contribution in [-0.2, 0) is 4.74 Å². The molecule has 4 atom stereocenters. The molecule has 112 valence electrons. The molecule has 1 fully saturated rings. The molecule has 0 amide bonds. The molecule has 0 radical (unpaired) electrons. The molecule has 0 aliphatic carbocycles. The van der Waals surface area contributed by atoms with Gasteiger partial charge in [-0.3, -0.25) is 14.3 Å². The number of rotatable bonds is 2. The van der Waals surface area contributed by atoms with Crippen molar-refractivity contribution in [2.24, 2.45) is 5.92 Å². The van der Waals surface area contributed by atoms with E-state index >= 15 is 0 Å². The Hall–Kier alpha value is -1.65. The van der Waals surface area contributed by atoms with Gasteiger partial charge in [0.15, 0.2) is 6.23 Å². The third-order valence-electron chi connectivity index (χ3n) is 3.05. The molecule has 2 rings (SSSR count). The van der Waals surface area contributed by atoms with Crippen molar-refractivity contribution in [2.45, 2.75) is 24.6 Å². The molecule has 1 aromatic heterocycles. The number of aliphatic hydroxyl groups is 2. The van der Waals surface area contributed by atoms with Crippen LogP contribution in [0.3, 0.4) is 0 Å². The predicted molar refractivity (Wildman–Crippen MR) is 57.9 cm³/mol. The van der Waals surface area contributed by atoms with Crippen LogP contribution in [0, 0.1) is 5.92 Å². The fourth-order valence-corrected chi connectivity index (χ4v) is 2.12. The van der Waals surface area contributed by atoms with Gasteiger partial charge in [-0.2, -0.15) is 13.2 Å². The Kier molecular flexibility index (Phi) is 3.71. The molecule has 20 heavy (non-hydrogen) atoms. The van der Waals surface area contributed by atoms with Crippen molar-refractivity contribution in [2.75, 3.05) is 6.61 Å². The molecule has 2 heterocycles. The maximum atomic E-state index is 13.0. The van der Waals surface area contributed by atoms with Crippen molar-refractivity contribution in [3.05, 3.63) is 33.1 Å². The molecular formula is C10H11F3N2O5. The number of hydrogen-bond acceptors (Lipinski definition) is 5. The van der Waals surface area contributed by atoms with E-state index in [0.29, 0.717) is 4.57 Å². The molecule has 3 N–H and O–H groups in total. The maximum Gasteiger partial charge on any atom is 0.398 e. The highest BCUT2D eigenvalue weighted by atomic mass is 19.4. The van der Waals surface area contributed by atoms with E-state index in [9.17, 15) is 27.9 Å². The molecule has 1 aromatic rings. The Morgan fingerprint density at radius 1 is 1.40 bits per heavy atom. The highest BCUT2D eigenvalue weighted by Crippen LogP contribution is 2.44. The number of aromatic nitrogens is 2. The van der Waals surface area contributed by atoms with Gasteiger partial charge in [-0.1, -0.05) is 0 Å². The largest absolute Gasteiger partial charge is 0.398 e. The number of hydrogen-bond donors (Lipinski definition) is 3. The van der Waals surface area contributed by atoms with E-state index in [-0.39, 0.29) is 0 Å². The summed E-state index contributed by atoms with van der Waals surface area (Å²) in [5.74, 6) is -2.39. The van der Waals surface area contributed by atoms with Crippen molar-refractivity contribution in [1.29, 1.82) is 0 Å². The van der Waals surface area contributed by atoms with E-state index in [1.165, 1.54) is 0 Å². The number of aliphatic hydroxyl groups excluding tert-OH is 2. The van der Waals surface area contributed by atoms with Gasteiger partial charge in [0, 0.05) is 12.3 Å². The minimum absolute atomic E-state index is 0.526. The summed E-state index contributed by atoms with van der Waals surface area (Å²) in [5.41, 5.74) is -1.87. The predicted octanol–water partition coefficient (Wildman–Crippen LogP) is -1.03. The average molecular weight is 296 g/mol. The van der Waals surface area contributed by atoms with Gasteiger partial charge in [0.2, 0.25) is 0 Å². The number of alkyl halides is 3. The Bertz CT molecular complexity index is 596. The number of ether oxygens (including phenoxy) is 1. The van der Waals surface area contributed by atoms with Gasteiger partial charge in [0.05, 0.1) is 12.7 Å². The normalized spacial score (nSPS) is 30.6. The molecule has 0 saturated carbocycles. The number of aromatic amines is 1. The Morgan fingerprint density at radius 3 is 2.55 bits per heavy atom. The lowest BCUT2D eigenvalue weighted by molar-refractivity contribution is -0.211. The molecule has 0 bridgehead atoms. The lowest BCUT2D eigenvalue weighted by Gasteiger charge is -2.23. The average Bonchev–Trinajstić information content (AvgIpc) is 2.65. The van der Waals surface area contributed by atoms with E-state index in [0.717, 1.165) is 12.3 Å². The van der Waals surface area contributed by atoms with Crippen LogP contribution in [0.15, 0.2) is 21.9 Å². The minimum atomic E-state index is -4.84. The third-order valence-corrected chi connectivity index (χ3v) is 3.05. The Morgan fingerprint density at radius 2 is 2.05 bits per heavy atom. The summed E-state index contributed by atoms with van der Waals surface area (Å²) in [6.45, 7) is -0.831. The molecule has 7 nitrogen and oxygen atoms in total. The van der Waals surface area contributed by atoms with Crippen molar-refractivity contribution in [3.63, 3.8) is 0 Å². The molecule has 1 aliphatic rings. The highest BCUT2D eigenvalue weighted by molar-refractivity contribution is 4.95. The fourth-order valence-electron chi connectivity index (χ4n) is 2.12. The van der Waals surface area contributed by atoms with Crippen LogP contribution in [0.25, 0.3) is 0 Å². The van der Waals surface area contributed by atoms with Crippen LogP contribution in [0.4, 0.5) is 13.2 Å². The van der Waals surface area contributed by atoms with Gasteiger partial charge in [-0.05, 0) is 0 Å². The Balaban J connectivity index is 2.47. The minimum Gasteiger partial charge on any atom is -0.394 e. The van der Waals surface area contributed by atoms with Gasteiger partial charge < -0.3 is 14.9 Å². The first-order valence-electron chi connectivity index (χ1n) is 5.58. The highest BCUT2D eigenvalue weighted by Gasteiger charge is 2.58. The topological polar surface area (TPSA) is 105 Å². The van der Waals surface area contributed by atoms with Crippen LogP contribution >= 0.6 is 0 Å². The quantitative estimate of drug-likeness (QED) is 0.647. The smallest absolute Gasteiger partial charge is 0.394 e. The van der Waals surface area contributed by atoms with E-state index in [1.807, 2.05) is 0 Å². The molecular weight excluding hydrogens is 285 g/mol.